The van der Waals surface area contributed by atoms with E-state index in [9.17, 15) is 13.2 Å². The number of benzene rings is 2. The van der Waals surface area contributed by atoms with Crippen LogP contribution in [0.2, 0.25) is 0 Å². The standard InChI is InChI=1S/C19H24N4O3S/c1-22(2)11-10-20-15-4-6-16(7-5-15)21-27(25,26)17-8-9-18-14(12-17)13-19(24)23(18)3/h4-9,12,20-21H,10-11,13H2,1-3H3. The van der Waals surface area contributed by atoms with Gasteiger partial charge in [-0.1, -0.05) is 0 Å². The zero-order valence-corrected chi connectivity index (χ0v) is 16.5. The molecule has 0 fully saturated rings. The number of nitrogens with zero attached hydrogens (tertiary/aromatic N) is 2. The molecule has 7 nitrogen and oxygen atoms in total. The molecule has 1 amide bonds. The summed E-state index contributed by atoms with van der Waals surface area (Å²) in [6.45, 7) is 1.71. The highest BCUT2D eigenvalue weighted by molar-refractivity contribution is 7.92. The molecular weight excluding hydrogens is 364 g/mol. The van der Waals surface area contributed by atoms with Gasteiger partial charge in [0, 0.05) is 37.2 Å². The van der Waals surface area contributed by atoms with Gasteiger partial charge in [0.25, 0.3) is 10.0 Å². The van der Waals surface area contributed by atoms with Crippen LogP contribution >= 0.6 is 0 Å². The molecule has 2 aromatic carbocycles. The molecule has 2 aromatic rings. The Hall–Kier alpha value is -2.58. The predicted octanol–water partition coefficient (Wildman–Crippen LogP) is 1.98. The van der Waals surface area contributed by atoms with Crippen molar-refractivity contribution in [1.29, 1.82) is 0 Å². The van der Waals surface area contributed by atoms with Gasteiger partial charge in [-0.2, -0.15) is 0 Å². The maximum absolute atomic E-state index is 12.7. The Balaban J connectivity index is 1.70. The lowest BCUT2D eigenvalue weighted by atomic mass is 10.2. The monoisotopic (exact) mass is 388 g/mol. The molecule has 0 unspecified atom stereocenters. The van der Waals surface area contributed by atoms with Crippen LogP contribution in [0.4, 0.5) is 17.1 Å². The minimum Gasteiger partial charge on any atom is -0.384 e. The quantitative estimate of drug-likeness (QED) is 0.758. The summed E-state index contributed by atoms with van der Waals surface area (Å²) >= 11 is 0. The number of carbonyl (C=O) groups is 1. The first kappa shape index (κ1) is 19.2. The Kier molecular flexibility index (Phi) is 5.38. The lowest BCUT2D eigenvalue weighted by molar-refractivity contribution is -0.117. The summed E-state index contributed by atoms with van der Waals surface area (Å²) in [5.41, 5.74) is 2.90. The zero-order valence-electron chi connectivity index (χ0n) is 15.7. The van der Waals surface area contributed by atoms with E-state index in [1.807, 2.05) is 26.2 Å². The molecule has 0 saturated carbocycles. The van der Waals surface area contributed by atoms with Crippen molar-refractivity contribution in [3.8, 4) is 0 Å². The number of fused-ring (bicyclic) bond motifs is 1. The van der Waals surface area contributed by atoms with Crippen LogP contribution in [0.25, 0.3) is 0 Å². The van der Waals surface area contributed by atoms with E-state index < -0.39 is 10.0 Å². The van der Waals surface area contributed by atoms with Gasteiger partial charge in [-0.3, -0.25) is 9.52 Å². The summed E-state index contributed by atoms with van der Waals surface area (Å²) in [6, 6.07) is 11.9. The zero-order chi connectivity index (χ0) is 19.6. The minimum atomic E-state index is -3.72. The summed E-state index contributed by atoms with van der Waals surface area (Å²) in [6.07, 6.45) is 0.225. The molecule has 0 bridgehead atoms. The Bertz CT molecular complexity index is 940. The number of anilines is 3. The van der Waals surface area contributed by atoms with Crippen LogP contribution in [-0.4, -0.2) is 53.5 Å². The van der Waals surface area contributed by atoms with E-state index in [0.29, 0.717) is 5.69 Å². The van der Waals surface area contributed by atoms with E-state index >= 15 is 0 Å². The Morgan fingerprint density at radius 3 is 2.41 bits per heavy atom. The van der Waals surface area contributed by atoms with E-state index in [1.54, 1.807) is 36.2 Å². The fraction of sp³-hybridized carbons (Fsp3) is 0.316. The third-order valence-electron chi connectivity index (χ3n) is 4.46. The SMILES string of the molecule is CN(C)CCNc1ccc(NS(=O)(=O)c2ccc3c(c2)CC(=O)N3C)cc1. The number of nitrogens with one attached hydrogen (secondary N) is 2. The molecule has 0 spiro atoms. The molecule has 2 N–H and O–H groups in total. The van der Waals surface area contributed by atoms with Crippen molar-refractivity contribution in [3.63, 3.8) is 0 Å². The van der Waals surface area contributed by atoms with Gasteiger partial charge < -0.3 is 15.1 Å². The molecular formula is C19H24N4O3S. The number of likely N-dealkylation sites (N-methyl/N-ethyl adjacent to an activating group) is 2. The maximum Gasteiger partial charge on any atom is 0.261 e. The number of amides is 1. The molecule has 3 rings (SSSR count). The molecule has 1 heterocycles. The van der Waals surface area contributed by atoms with Gasteiger partial charge in [0.15, 0.2) is 0 Å². The molecule has 144 valence electrons. The summed E-state index contributed by atoms with van der Waals surface area (Å²) in [4.78, 5) is 15.6. The molecule has 1 aliphatic heterocycles. The van der Waals surface area contributed by atoms with Crippen LogP contribution in [0.3, 0.4) is 0 Å². The van der Waals surface area contributed by atoms with Gasteiger partial charge in [-0.15, -0.1) is 0 Å². The smallest absolute Gasteiger partial charge is 0.261 e. The average molecular weight is 388 g/mol. The number of sulfonamides is 1. The first-order valence-corrected chi connectivity index (χ1v) is 10.2. The van der Waals surface area contributed by atoms with Crippen molar-refractivity contribution in [1.82, 2.24) is 4.90 Å². The van der Waals surface area contributed by atoms with Crippen molar-refractivity contribution < 1.29 is 13.2 Å². The van der Waals surface area contributed by atoms with Crippen molar-refractivity contribution in [2.45, 2.75) is 11.3 Å². The molecule has 0 aliphatic carbocycles. The topological polar surface area (TPSA) is 81.7 Å². The van der Waals surface area contributed by atoms with E-state index in [-0.39, 0.29) is 17.2 Å². The van der Waals surface area contributed by atoms with Crippen LogP contribution in [0.15, 0.2) is 47.4 Å². The van der Waals surface area contributed by atoms with Gasteiger partial charge in [-0.05, 0) is 62.1 Å². The molecule has 27 heavy (non-hydrogen) atoms. The Morgan fingerprint density at radius 2 is 1.74 bits per heavy atom. The van der Waals surface area contributed by atoms with Crippen LogP contribution < -0.4 is 14.9 Å². The van der Waals surface area contributed by atoms with Crippen LogP contribution in [0.5, 0.6) is 0 Å². The van der Waals surface area contributed by atoms with Gasteiger partial charge >= 0.3 is 0 Å². The fourth-order valence-electron chi connectivity index (χ4n) is 2.91. The highest BCUT2D eigenvalue weighted by atomic mass is 32.2. The van der Waals surface area contributed by atoms with Gasteiger partial charge in [-0.25, -0.2) is 8.42 Å². The molecule has 1 aliphatic rings. The van der Waals surface area contributed by atoms with E-state index in [1.165, 1.54) is 6.07 Å². The highest BCUT2D eigenvalue weighted by Gasteiger charge is 2.26. The van der Waals surface area contributed by atoms with Crippen LogP contribution in [0.1, 0.15) is 5.56 Å². The second kappa shape index (κ2) is 7.58. The summed E-state index contributed by atoms with van der Waals surface area (Å²) in [7, 11) is 1.98. The van der Waals surface area contributed by atoms with E-state index in [0.717, 1.165) is 30.0 Å². The largest absolute Gasteiger partial charge is 0.384 e. The predicted molar refractivity (Wildman–Crippen MR) is 108 cm³/mol. The van der Waals surface area contributed by atoms with Crippen molar-refractivity contribution in [2.75, 3.05) is 49.2 Å². The number of carbonyl (C=O) groups excluding carboxylic acids is 1. The van der Waals surface area contributed by atoms with Crippen molar-refractivity contribution >= 4 is 33.0 Å². The first-order chi connectivity index (χ1) is 12.8. The number of hydrogen-bond acceptors (Lipinski definition) is 5. The molecule has 0 aromatic heterocycles. The van der Waals surface area contributed by atoms with Crippen LogP contribution in [-0.2, 0) is 21.2 Å². The molecule has 0 radical (unpaired) electrons. The first-order valence-electron chi connectivity index (χ1n) is 8.67. The lowest BCUT2D eigenvalue weighted by Crippen LogP contribution is -2.20. The van der Waals surface area contributed by atoms with E-state index in [2.05, 4.69) is 14.9 Å². The molecule has 0 saturated heterocycles. The minimum absolute atomic E-state index is 0.0372. The Labute approximate surface area is 160 Å². The van der Waals surface area contributed by atoms with Gasteiger partial charge in [0.1, 0.15) is 0 Å². The number of hydrogen-bond donors (Lipinski definition) is 2. The molecule has 0 atom stereocenters. The maximum atomic E-state index is 12.7. The third-order valence-corrected chi connectivity index (χ3v) is 5.84. The highest BCUT2D eigenvalue weighted by Crippen LogP contribution is 2.30. The fourth-order valence-corrected chi connectivity index (χ4v) is 4.02. The molecule has 8 heteroatoms. The van der Waals surface area contributed by atoms with Gasteiger partial charge in [0.2, 0.25) is 5.91 Å². The van der Waals surface area contributed by atoms with Crippen LogP contribution in [0, 0.1) is 0 Å². The third kappa shape index (κ3) is 4.40. The van der Waals surface area contributed by atoms with Crippen molar-refractivity contribution in [2.24, 2.45) is 0 Å². The second-order valence-corrected chi connectivity index (χ2v) is 8.52. The second-order valence-electron chi connectivity index (χ2n) is 6.83. The average Bonchev–Trinajstić information content (AvgIpc) is 2.90. The van der Waals surface area contributed by atoms with Gasteiger partial charge in [0.05, 0.1) is 11.3 Å². The summed E-state index contributed by atoms with van der Waals surface area (Å²) in [5, 5.41) is 3.28. The van der Waals surface area contributed by atoms with Crippen molar-refractivity contribution in [3.05, 3.63) is 48.0 Å². The normalized spacial score (nSPS) is 13.8. The Morgan fingerprint density at radius 1 is 1.07 bits per heavy atom. The lowest BCUT2D eigenvalue weighted by Gasteiger charge is -2.13. The summed E-state index contributed by atoms with van der Waals surface area (Å²) < 4.78 is 27.9. The van der Waals surface area contributed by atoms with E-state index in [4.69, 9.17) is 0 Å². The summed E-state index contributed by atoms with van der Waals surface area (Å²) in [5.74, 6) is -0.0372. The number of rotatable bonds is 7.